The number of rotatable bonds is 3. The Morgan fingerprint density at radius 2 is 1.94 bits per heavy atom. The van der Waals surface area contributed by atoms with E-state index in [0.717, 1.165) is 32.6 Å². The average molecular weight is 247 g/mol. The highest BCUT2D eigenvalue weighted by atomic mass is 16.7. The molecule has 0 bridgehead atoms. The Kier molecular flexibility index (Phi) is 3.64. The van der Waals surface area contributed by atoms with Gasteiger partial charge in [-0.1, -0.05) is 30.3 Å². The van der Waals surface area contributed by atoms with Crippen LogP contribution in [0.25, 0.3) is 0 Å². The van der Waals surface area contributed by atoms with E-state index in [2.05, 4.69) is 35.6 Å². The van der Waals surface area contributed by atoms with Crippen LogP contribution in [0.1, 0.15) is 31.2 Å². The monoisotopic (exact) mass is 247 g/mol. The first kappa shape index (κ1) is 12.2. The second-order valence-corrected chi connectivity index (χ2v) is 5.27. The Balaban J connectivity index is 1.54. The molecular formula is C15H21NO2. The lowest BCUT2D eigenvalue weighted by atomic mass is 9.89. The molecular weight excluding hydrogens is 226 g/mol. The van der Waals surface area contributed by atoms with E-state index in [-0.39, 0.29) is 5.79 Å². The van der Waals surface area contributed by atoms with Crippen LogP contribution in [-0.4, -0.2) is 25.0 Å². The number of hydrogen-bond donors (Lipinski definition) is 1. The van der Waals surface area contributed by atoms with Crippen LogP contribution in [-0.2, 0) is 16.0 Å². The maximum absolute atomic E-state index is 5.80. The minimum absolute atomic E-state index is 0.271. The lowest BCUT2D eigenvalue weighted by Gasteiger charge is -2.36. The lowest BCUT2D eigenvalue weighted by Crippen LogP contribution is -2.44. The van der Waals surface area contributed by atoms with Gasteiger partial charge in [0.05, 0.1) is 13.2 Å². The van der Waals surface area contributed by atoms with Crippen molar-refractivity contribution in [1.29, 1.82) is 0 Å². The molecule has 0 unspecified atom stereocenters. The largest absolute Gasteiger partial charge is 0.347 e. The van der Waals surface area contributed by atoms with Crippen LogP contribution in [0.2, 0.25) is 0 Å². The highest BCUT2D eigenvalue weighted by Crippen LogP contribution is 2.35. The Labute approximate surface area is 108 Å². The van der Waals surface area contributed by atoms with Crippen molar-refractivity contribution in [3.8, 4) is 0 Å². The van der Waals surface area contributed by atoms with Gasteiger partial charge >= 0.3 is 0 Å². The number of nitrogens with one attached hydrogen (secondary N) is 1. The molecule has 1 spiro atoms. The van der Waals surface area contributed by atoms with Gasteiger partial charge in [0.25, 0.3) is 0 Å². The first-order valence-corrected chi connectivity index (χ1v) is 6.92. The molecule has 1 N–H and O–H groups in total. The molecule has 0 amide bonds. The van der Waals surface area contributed by atoms with Gasteiger partial charge in [-0.25, -0.2) is 0 Å². The molecule has 1 atom stereocenters. The van der Waals surface area contributed by atoms with E-state index in [9.17, 15) is 0 Å². The molecule has 3 nitrogen and oxygen atoms in total. The fraction of sp³-hybridized carbons (Fsp3) is 0.600. The van der Waals surface area contributed by atoms with Crippen molar-refractivity contribution in [3.63, 3.8) is 0 Å². The molecule has 3 rings (SSSR count). The number of benzene rings is 1. The van der Waals surface area contributed by atoms with Gasteiger partial charge in [-0.2, -0.15) is 0 Å². The lowest BCUT2D eigenvalue weighted by molar-refractivity contribution is -0.181. The van der Waals surface area contributed by atoms with Gasteiger partial charge in [0.2, 0.25) is 0 Å². The van der Waals surface area contributed by atoms with Crippen molar-refractivity contribution >= 4 is 0 Å². The maximum Gasteiger partial charge on any atom is 0.169 e. The van der Waals surface area contributed by atoms with Gasteiger partial charge < -0.3 is 14.8 Å². The van der Waals surface area contributed by atoms with E-state index in [0.29, 0.717) is 6.04 Å². The molecule has 3 heteroatoms. The van der Waals surface area contributed by atoms with Gasteiger partial charge in [-0.05, 0) is 18.4 Å². The van der Waals surface area contributed by atoms with Crippen LogP contribution >= 0.6 is 0 Å². The standard InChI is InChI=1S/C15H21NO2/c1-2-5-13(6-3-1)12-16-14-7-4-8-15(11-14)17-9-10-18-15/h1-3,5-6,14,16H,4,7-12H2/t14-/m1/s1. The molecule has 0 aromatic heterocycles. The highest BCUT2D eigenvalue weighted by molar-refractivity contribution is 5.14. The third kappa shape index (κ3) is 2.74. The van der Waals surface area contributed by atoms with Crippen LogP contribution in [0.4, 0.5) is 0 Å². The summed E-state index contributed by atoms with van der Waals surface area (Å²) in [5.74, 6) is -0.271. The summed E-state index contributed by atoms with van der Waals surface area (Å²) in [6.07, 6.45) is 4.45. The van der Waals surface area contributed by atoms with Crippen molar-refractivity contribution in [3.05, 3.63) is 35.9 Å². The summed E-state index contributed by atoms with van der Waals surface area (Å²) in [4.78, 5) is 0. The molecule has 1 aromatic carbocycles. The van der Waals surface area contributed by atoms with Crippen molar-refractivity contribution < 1.29 is 9.47 Å². The average Bonchev–Trinajstić information content (AvgIpc) is 2.86. The summed E-state index contributed by atoms with van der Waals surface area (Å²) < 4.78 is 11.6. The maximum atomic E-state index is 5.80. The van der Waals surface area contributed by atoms with E-state index >= 15 is 0 Å². The van der Waals surface area contributed by atoms with Crippen LogP contribution in [0.15, 0.2) is 30.3 Å². The molecule has 1 aromatic rings. The molecule has 2 aliphatic rings. The summed E-state index contributed by atoms with van der Waals surface area (Å²) in [7, 11) is 0. The molecule has 18 heavy (non-hydrogen) atoms. The SMILES string of the molecule is c1ccc(CN[C@@H]2CCCC3(C2)OCCO3)cc1. The van der Waals surface area contributed by atoms with Crippen molar-refractivity contribution in [2.75, 3.05) is 13.2 Å². The number of hydrogen-bond acceptors (Lipinski definition) is 3. The van der Waals surface area contributed by atoms with E-state index in [1.54, 1.807) is 0 Å². The van der Waals surface area contributed by atoms with Crippen LogP contribution in [0, 0.1) is 0 Å². The predicted octanol–water partition coefficient (Wildman–Crippen LogP) is 2.46. The van der Waals surface area contributed by atoms with Gasteiger partial charge in [-0.3, -0.25) is 0 Å². The van der Waals surface area contributed by atoms with Crippen molar-refractivity contribution in [1.82, 2.24) is 5.32 Å². The zero-order valence-electron chi connectivity index (χ0n) is 10.7. The minimum atomic E-state index is -0.271. The first-order chi connectivity index (χ1) is 8.86. The minimum Gasteiger partial charge on any atom is -0.347 e. The molecule has 1 saturated carbocycles. The highest BCUT2D eigenvalue weighted by Gasteiger charge is 2.41. The Morgan fingerprint density at radius 3 is 2.72 bits per heavy atom. The summed E-state index contributed by atoms with van der Waals surface area (Å²) in [6.45, 7) is 2.44. The molecule has 98 valence electrons. The zero-order chi connectivity index (χ0) is 12.3. The van der Waals surface area contributed by atoms with Crippen molar-refractivity contribution in [2.45, 2.75) is 44.1 Å². The van der Waals surface area contributed by atoms with Gasteiger partial charge in [0.15, 0.2) is 5.79 Å². The Bertz CT molecular complexity index is 373. The molecule has 0 radical (unpaired) electrons. The topological polar surface area (TPSA) is 30.5 Å². The zero-order valence-corrected chi connectivity index (χ0v) is 10.7. The van der Waals surface area contributed by atoms with Gasteiger partial charge in [0.1, 0.15) is 0 Å². The normalized spacial score (nSPS) is 26.6. The molecule has 1 aliphatic heterocycles. The summed E-state index contributed by atoms with van der Waals surface area (Å²) >= 11 is 0. The first-order valence-electron chi connectivity index (χ1n) is 6.92. The molecule has 2 fully saturated rings. The fourth-order valence-electron chi connectivity index (χ4n) is 2.99. The quantitative estimate of drug-likeness (QED) is 0.890. The van der Waals surface area contributed by atoms with E-state index < -0.39 is 0 Å². The van der Waals surface area contributed by atoms with Crippen LogP contribution in [0.5, 0.6) is 0 Å². The second kappa shape index (κ2) is 5.39. The van der Waals surface area contributed by atoms with Crippen LogP contribution in [0.3, 0.4) is 0 Å². The fourth-order valence-corrected chi connectivity index (χ4v) is 2.99. The Morgan fingerprint density at radius 1 is 1.17 bits per heavy atom. The smallest absolute Gasteiger partial charge is 0.169 e. The predicted molar refractivity (Wildman–Crippen MR) is 70.2 cm³/mol. The molecule has 1 saturated heterocycles. The van der Waals surface area contributed by atoms with Crippen molar-refractivity contribution in [2.24, 2.45) is 0 Å². The summed E-state index contributed by atoms with van der Waals surface area (Å²) in [5, 5.41) is 3.63. The van der Waals surface area contributed by atoms with E-state index in [1.807, 2.05) is 0 Å². The van der Waals surface area contributed by atoms with Gasteiger partial charge in [-0.15, -0.1) is 0 Å². The second-order valence-electron chi connectivity index (χ2n) is 5.27. The summed E-state index contributed by atoms with van der Waals surface area (Å²) in [5.41, 5.74) is 1.34. The third-order valence-corrected chi connectivity index (χ3v) is 3.92. The van der Waals surface area contributed by atoms with E-state index in [1.165, 1.54) is 18.4 Å². The van der Waals surface area contributed by atoms with E-state index in [4.69, 9.17) is 9.47 Å². The Hall–Kier alpha value is -0.900. The number of ether oxygens (including phenoxy) is 2. The van der Waals surface area contributed by atoms with Gasteiger partial charge in [0, 0.05) is 25.4 Å². The summed E-state index contributed by atoms with van der Waals surface area (Å²) in [6, 6.07) is 11.1. The van der Waals surface area contributed by atoms with Crippen LogP contribution < -0.4 is 5.32 Å². The third-order valence-electron chi connectivity index (χ3n) is 3.92. The molecule has 1 heterocycles. The molecule has 1 aliphatic carbocycles.